The summed E-state index contributed by atoms with van der Waals surface area (Å²) in [5, 5.41) is 12.9. The van der Waals surface area contributed by atoms with Crippen molar-refractivity contribution in [1.82, 2.24) is 19.4 Å². The number of aryl methyl sites for hydroxylation is 1. The van der Waals surface area contributed by atoms with Gasteiger partial charge in [-0.2, -0.15) is 0 Å². The molecule has 0 aliphatic rings. The molecule has 0 bridgehead atoms. The quantitative estimate of drug-likeness (QED) is 0.497. The summed E-state index contributed by atoms with van der Waals surface area (Å²) in [4.78, 5) is 24.5. The summed E-state index contributed by atoms with van der Waals surface area (Å²) in [7, 11) is 0. The molecule has 0 aliphatic heterocycles. The van der Waals surface area contributed by atoms with Crippen LogP contribution in [0.1, 0.15) is 46.7 Å². The molecule has 4 aromatic rings. The van der Waals surface area contributed by atoms with E-state index >= 15 is 0 Å². The molecule has 7 nitrogen and oxygen atoms in total. The number of pyridine rings is 1. The third kappa shape index (κ3) is 3.19. The molecule has 0 saturated heterocycles. The van der Waals surface area contributed by atoms with E-state index in [0.717, 1.165) is 6.07 Å². The summed E-state index contributed by atoms with van der Waals surface area (Å²) in [6.45, 7) is 3.26. The summed E-state index contributed by atoms with van der Waals surface area (Å²) >= 11 is 0. The van der Waals surface area contributed by atoms with E-state index in [0.29, 0.717) is 16.9 Å². The Morgan fingerprint density at radius 3 is 2.63 bits per heavy atom. The number of carboxylic acids is 1. The number of alkyl halides is 2. The number of fused-ring (bicyclic) bond motifs is 3. The Bertz CT molecular complexity index is 1290. The number of carbonyl (C=O) groups is 1. The first kappa shape index (κ1) is 19.6. The molecule has 1 aromatic carbocycles. The van der Waals surface area contributed by atoms with Gasteiger partial charge in [-0.1, -0.05) is 18.2 Å². The van der Waals surface area contributed by atoms with Crippen molar-refractivity contribution in [2.24, 2.45) is 0 Å². The number of rotatable bonds is 5. The largest absolute Gasteiger partial charge is 0.478 e. The summed E-state index contributed by atoms with van der Waals surface area (Å²) < 4.78 is 42.2. The lowest BCUT2D eigenvalue weighted by Gasteiger charge is -2.19. The van der Waals surface area contributed by atoms with Crippen LogP contribution >= 0.6 is 0 Å². The fourth-order valence-electron chi connectivity index (χ4n) is 3.39. The maximum Gasteiger partial charge on any atom is 0.339 e. The van der Waals surface area contributed by atoms with E-state index in [1.807, 2.05) is 0 Å². The van der Waals surface area contributed by atoms with Gasteiger partial charge in [0.25, 0.3) is 6.43 Å². The number of imidazole rings is 1. The molecule has 0 amide bonds. The van der Waals surface area contributed by atoms with Crippen LogP contribution in [-0.4, -0.2) is 30.4 Å². The third-order valence-electron chi connectivity index (χ3n) is 4.78. The molecule has 0 aliphatic carbocycles. The fraction of sp³-hybridized carbons (Fsp3) is 0.200. The van der Waals surface area contributed by atoms with Crippen molar-refractivity contribution in [3.05, 3.63) is 65.0 Å². The number of hydrogen-bond acceptors (Lipinski definition) is 5. The second-order valence-electron chi connectivity index (χ2n) is 6.76. The molecule has 0 spiro atoms. The van der Waals surface area contributed by atoms with Gasteiger partial charge in [-0.15, -0.1) is 0 Å². The standard InChI is InChI=1S/C20H16F3N5O2/c1-9(11-4-3-5-12(15(11)21)16(22)23)25-17-13-8-14(20(29)30)18-24-6-7-28(18)19(13)27-10(2)26-17/h3-9,16H,1-2H3,(H,29,30)(H,25,26,27)/t9-/m1/s1. The SMILES string of the molecule is Cc1nc(N[C@H](C)c2cccc(C(F)F)c2F)c2cc(C(=O)O)c3nccn3c2n1. The number of anilines is 1. The van der Waals surface area contributed by atoms with Crippen LogP contribution in [-0.2, 0) is 0 Å². The minimum atomic E-state index is -2.94. The number of halogens is 3. The number of aromatic carboxylic acids is 1. The molecule has 0 unspecified atom stereocenters. The lowest BCUT2D eigenvalue weighted by atomic mass is 10.0. The van der Waals surface area contributed by atoms with Crippen molar-refractivity contribution in [2.75, 3.05) is 5.32 Å². The van der Waals surface area contributed by atoms with E-state index < -0.39 is 29.8 Å². The third-order valence-corrected chi connectivity index (χ3v) is 4.78. The van der Waals surface area contributed by atoms with Crippen LogP contribution in [0, 0.1) is 12.7 Å². The normalized spacial score (nSPS) is 12.6. The Labute approximate surface area is 168 Å². The predicted molar refractivity (Wildman–Crippen MR) is 103 cm³/mol. The molecule has 3 heterocycles. The van der Waals surface area contributed by atoms with Crippen molar-refractivity contribution < 1.29 is 23.1 Å². The number of hydrogen-bond donors (Lipinski definition) is 2. The fourth-order valence-corrected chi connectivity index (χ4v) is 3.39. The van der Waals surface area contributed by atoms with Gasteiger partial charge in [0.1, 0.15) is 23.0 Å². The second-order valence-corrected chi connectivity index (χ2v) is 6.76. The van der Waals surface area contributed by atoms with Gasteiger partial charge in [0.2, 0.25) is 0 Å². The summed E-state index contributed by atoms with van der Waals surface area (Å²) in [6.07, 6.45) is 0.0988. The zero-order valence-corrected chi connectivity index (χ0v) is 15.9. The van der Waals surface area contributed by atoms with E-state index in [1.54, 1.807) is 20.0 Å². The number of aromatic nitrogens is 4. The van der Waals surface area contributed by atoms with E-state index in [1.165, 1.54) is 28.8 Å². The molecule has 0 radical (unpaired) electrons. The van der Waals surface area contributed by atoms with Crippen LogP contribution in [0.4, 0.5) is 19.0 Å². The molecular weight excluding hydrogens is 399 g/mol. The van der Waals surface area contributed by atoms with Gasteiger partial charge in [0.15, 0.2) is 11.3 Å². The highest BCUT2D eigenvalue weighted by Gasteiger charge is 2.22. The van der Waals surface area contributed by atoms with Gasteiger partial charge in [-0.25, -0.2) is 32.9 Å². The Hall–Kier alpha value is -3.69. The maximum absolute atomic E-state index is 14.6. The maximum atomic E-state index is 14.6. The topological polar surface area (TPSA) is 92.4 Å². The molecular formula is C20H16F3N5O2. The Balaban J connectivity index is 1.86. The minimum Gasteiger partial charge on any atom is -0.478 e. The van der Waals surface area contributed by atoms with E-state index in [2.05, 4.69) is 20.3 Å². The molecule has 0 saturated carbocycles. The number of nitrogens with zero attached hydrogens (tertiary/aromatic N) is 4. The van der Waals surface area contributed by atoms with Gasteiger partial charge >= 0.3 is 5.97 Å². The summed E-state index contributed by atoms with van der Waals surface area (Å²) in [6, 6.07) is 4.47. The highest BCUT2D eigenvalue weighted by atomic mass is 19.3. The average molecular weight is 415 g/mol. The number of nitrogens with one attached hydrogen (secondary N) is 1. The number of carboxylic acid groups (broad SMARTS) is 1. The zero-order chi connectivity index (χ0) is 21.6. The van der Waals surface area contributed by atoms with Crippen molar-refractivity contribution in [2.45, 2.75) is 26.3 Å². The smallest absolute Gasteiger partial charge is 0.339 e. The molecule has 0 fully saturated rings. The first-order valence-corrected chi connectivity index (χ1v) is 8.98. The Morgan fingerprint density at radius 1 is 1.20 bits per heavy atom. The lowest BCUT2D eigenvalue weighted by Crippen LogP contribution is -2.13. The molecule has 2 N–H and O–H groups in total. The average Bonchev–Trinajstić information content (AvgIpc) is 3.17. The number of benzene rings is 1. The van der Waals surface area contributed by atoms with Crippen molar-refractivity contribution in [3.8, 4) is 0 Å². The molecule has 30 heavy (non-hydrogen) atoms. The monoisotopic (exact) mass is 415 g/mol. The van der Waals surface area contributed by atoms with Crippen LogP contribution in [0.2, 0.25) is 0 Å². The van der Waals surface area contributed by atoms with Crippen molar-refractivity contribution >= 4 is 28.5 Å². The highest BCUT2D eigenvalue weighted by Crippen LogP contribution is 2.31. The van der Waals surface area contributed by atoms with Gasteiger partial charge in [0, 0.05) is 18.0 Å². The summed E-state index contributed by atoms with van der Waals surface area (Å²) in [5.74, 6) is -1.53. The summed E-state index contributed by atoms with van der Waals surface area (Å²) in [5.41, 5.74) is -0.0571. The Morgan fingerprint density at radius 2 is 1.93 bits per heavy atom. The van der Waals surface area contributed by atoms with Crippen molar-refractivity contribution in [3.63, 3.8) is 0 Å². The van der Waals surface area contributed by atoms with Crippen LogP contribution in [0.5, 0.6) is 0 Å². The van der Waals surface area contributed by atoms with Crippen LogP contribution in [0.15, 0.2) is 36.7 Å². The predicted octanol–water partition coefficient (Wildman–Crippen LogP) is 4.53. The zero-order valence-electron chi connectivity index (χ0n) is 15.9. The minimum absolute atomic E-state index is 0.0411. The highest BCUT2D eigenvalue weighted by molar-refractivity contribution is 6.01. The van der Waals surface area contributed by atoms with Gasteiger partial charge < -0.3 is 10.4 Å². The second kappa shape index (κ2) is 7.29. The van der Waals surface area contributed by atoms with E-state index in [9.17, 15) is 23.1 Å². The first-order valence-electron chi connectivity index (χ1n) is 8.98. The molecule has 154 valence electrons. The van der Waals surface area contributed by atoms with Gasteiger partial charge in [0.05, 0.1) is 17.0 Å². The molecule has 4 rings (SSSR count). The van der Waals surface area contributed by atoms with Gasteiger partial charge in [-0.05, 0) is 19.9 Å². The molecule has 3 aromatic heterocycles. The van der Waals surface area contributed by atoms with Gasteiger partial charge in [-0.3, -0.25) is 4.40 Å². The lowest BCUT2D eigenvalue weighted by molar-refractivity contribution is 0.0698. The molecule has 10 heteroatoms. The van der Waals surface area contributed by atoms with E-state index in [-0.39, 0.29) is 22.6 Å². The molecule has 1 atom stereocenters. The van der Waals surface area contributed by atoms with Crippen LogP contribution in [0.3, 0.4) is 0 Å². The van der Waals surface area contributed by atoms with Crippen LogP contribution in [0.25, 0.3) is 16.7 Å². The Kier molecular flexibility index (Phi) is 4.76. The van der Waals surface area contributed by atoms with Crippen molar-refractivity contribution in [1.29, 1.82) is 0 Å². The van der Waals surface area contributed by atoms with Crippen LogP contribution < -0.4 is 5.32 Å². The first-order chi connectivity index (χ1) is 14.3. The van der Waals surface area contributed by atoms with E-state index in [4.69, 9.17) is 0 Å².